The molecule has 1 aromatic carbocycles. The maximum absolute atomic E-state index is 12.9. The molecule has 0 bridgehead atoms. The van der Waals surface area contributed by atoms with E-state index in [9.17, 15) is 9.18 Å². The van der Waals surface area contributed by atoms with Gasteiger partial charge < -0.3 is 4.90 Å². The predicted octanol–water partition coefficient (Wildman–Crippen LogP) is 2.88. The van der Waals surface area contributed by atoms with Crippen LogP contribution in [0.3, 0.4) is 0 Å². The van der Waals surface area contributed by atoms with E-state index >= 15 is 0 Å². The molecule has 0 aliphatic carbocycles. The van der Waals surface area contributed by atoms with Crippen molar-refractivity contribution in [1.82, 2.24) is 15.1 Å². The Morgan fingerprint density at radius 1 is 1.39 bits per heavy atom. The van der Waals surface area contributed by atoms with Crippen LogP contribution in [0.2, 0.25) is 0 Å². The van der Waals surface area contributed by atoms with Gasteiger partial charge in [-0.2, -0.15) is 5.10 Å². The van der Waals surface area contributed by atoms with E-state index in [1.54, 1.807) is 12.1 Å². The van der Waals surface area contributed by atoms with Crippen molar-refractivity contribution in [2.24, 2.45) is 5.92 Å². The van der Waals surface area contributed by atoms with Crippen LogP contribution in [0.1, 0.15) is 29.7 Å². The van der Waals surface area contributed by atoms with Crippen molar-refractivity contribution in [3.05, 3.63) is 53.1 Å². The topological polar surface area (TPSA) is 49.0 Å². The van der Waals surface area contributed by atoms with Gasteiger partial charge in [0.1, 0.15) is 5.82 Å². The molecular weight excluding hydrogens is 293 g/mol. The number of likely N-dealkylation sites (tertiary alicyclic amines) is 1. The lowest BCUT2D eigenvalue weighted by Crippen LogP contribution is -2.41. The predicted molar refractivity (Wildman–Crippen MR) is 86.4 cm³/mol. The summed E-state index contributed by atoms with van der Waals surface area (Å²) >= 11 is 0. The fourth-order valence-electron chi connectivity index (χ4n) is 3.22. The van der Waals surface area contributed by atoms with Crippen LogP contribution in [0, 0.1) is 18.7 Å². The van der Waals surface area contributed by atoms with Gasteiger partial charge in [0, 0.05) is 18.8 Å². The molecule has 0 unspecified atom stereocenters. The summed E-state index contributed by atoms with van der Waals surface area (Å²) < 4.78 is 12.9. The second-order valence-corrected chi connectivity index (χ2v) is 6.39. The van der Waals surface area contributed by atoms with E-state index in [1.165, 1.54) is 23.4 Å². The van der Waals surface area contributed by atoms with Crippen LogP contribution >= 0.6 is 0 Å². The van der Waals surface area contributed by atoms with Gasteiger partial charge in [0.05, 0.1) is 12.6 Å². The third-order valence-corrected chi connectivity index (χ3v) is 4.57. The molecule has 0 saturated carbocycles. The van der Waals surface area contributed by atoms with E-state index in [1.807, 2.05) is 11.1 Å². The van der Waals surface area contributed by atoms with Gasteiger partial charge in [0.15, 0.2) is 0 Å². The Morgan fingerprint density at radius 2 is 2.17 bits per heavy atom. The summed E-state index contributed by atoms with van der Waals surface area (Å²) in [5.41, 5.74) is 3.21. The molecule has 1 aliphatic heterocycles. The number of amides is 1. The SMILES string of the molecule is Cc1cn[nH]c1C[C@@H]1CCCN(C(=O)Cc2ccc(F)cc2)C1. The number of aromatic nitrogens is 2. The number of hydrogen-bond acceptors (Lipinski definition) is 2. The number of rotatable bonds is 4. The van der Waals surface area contributed by atoms with E-state index in [2.05, 4.69) is 17.1 Å². The summed E-state index contributed by atoms with van der Waals surface area (Å²) in [5, 5.41) is 7.12. The number of aryl methyl sites for hydroxylation is 1. The van der Waals surface area contributed by atoms with Gasteiger partial charge >= 0.3 is 0 Å². The van der Waals surface area contributed by atoms with Crippen molar-refractivity contribution in [3.8, 4) is 0 Å². The molecule has 0 radical (unpaired) electrons. The fourth-order valence-corrected chi connectivity index (χ4v) is 3.22. The van der Waals surface area contributed by atoms with Crippen LogP contribution in [0.5, 0.6) is 0 Å². The first-order valence-electron chi connectivity index (χ1n) is 8.13. The first kappa shape index (κ1) is 15.7. The average molecular weight is 315 g/mol. The van der Waals surface area contributed by atoms with Crippen LogP contribution in [0.4, 0.5) is 4.39 Å². The molecule has 2 heterocycles. The number of hydrogen-bond donors (Lipinski definition) is 1. The number of piperidine rings is 1. The van der Waals surface area contributed by atoms with Gasteiger partial charge in [-0.25, -0.2) is 4.39 Å². The fraction of sp³-hybridized carbons (Fsp3) is 0.444. The molecule has 2 aromatic rings. The second kappa shape index (κ2) is 6.94. The molecule has 4 nitrogen and oxygen atoms in total. The zero-order valence-electron chi connectivity index (χ0n) is 13.4. The lowest BCUT2D eigenvalue weighted by atomic mass is 9.92. The quantitative estimate of drug-likeness (QED) is 0.943. The Morgan fingerprint density at radius 3 is 2.87 bits per heavy atom. The van der Waals surface area contributed by atoms with Gasteiger partial charge in [-0.15, -0.1) is 0 Å². The Labute approximate surface area is 135 Å². The highest BCUT2D eigenvalue weighted by molar-refractivity contribution is 5.78. The number of H-pyrrole nitrogens is 1. The summed E-state index contributed by atoms with van der Waals surface area (Å²) in [6.45, 7) is 3.66. The van der Waals surface area contributed by atoms with E-state index in [0.29, 0.717) is 12.3 Å². The van der Waals surface area contributed by atoms with Gasteiger partial charge in [-0.05, 0) is 55.4 Å². The van der Waals surface area contributed by atoms with Crippen LogP contribution in [-0.2, 0) is 17.6 Å². The van der Waals surface area contributed by atoms with Crippen LogP contribution in [-0.4, -0.2) is 34.1 Å². The molecular formula is C18H22FN3O. The van der Waals surface area contributed by atoms with Crippen molar-refractivity contribution < 1.29 is 9.18 Å². The highest BCUT2D eigenvalue weighted by Crippen LogP contribution is 2.22. The molecule has 1 aliphatic rings. The third-order valence-electron chi connectivity index (χ3n) is 4.57. The van der Waals surface area contributed by atoms with Gasteiger partial charge in [-0.3, -0.25) is 9.89 Å². The van der Waals surface area contributed by atoms with E-state index in [0.717, 1.165) is 37.9 Å². The summed E-state index contributed by atoms with van der Waals surface area (Å²) in [6, 6.07) is 6.18. The van der Waals surface area contributed by atoms with Gasteiger partial charge in [-0.1, -0.05) is 12.1 Å². The normalized spacial score (nSPS) is 18.2. The molecule has 5 heteroatoms. The number of carbonyl (C=O) groups is 1. The van der Waals surface area contributed by atoms with Crippen LogP contribution < -0.4 is 0 Å². The average Bonchev–Trinajstić information content (AvgIpc) is 2.95. The van der Waals surface area contributed by atoms with Crippen LogP contribution in [0.15, 0.2) is 30.5 Å². The maximum atomic E-state index is 12.9. The lowest BCUT2D eigenvalue weighted by Gasteiger charge is -2.33. The lowest BCUT2D eigenvalue weighted by molar-refractivity contribution is -0.132. The minimum absolute atomic E-state index is 0.127. The molecule has 1 N–H and O–H groups in total. The number of nitrogens with one attached hydrogen (secondary N) is 1. The Bertz CT molecular complexity index is 665. The first-order chi connectivity index (χ1) is 11.1. The van der Waals surface area contributed by atoms with Crippen molar-refractivity contribution in [2.75, 3.05) is 13.1 Å². The Hall–Kier alpha value is -2.17. The smallest absolute Gasteiger partial charge is 0.226 e. The standard InChI is InChI=1S/C18H22FN3O/c1-13-11-20-21-17(13)9-15-3-2-8-22(12-15)18(23)10-14-4-6-16(19)7-5-14/h4-7,11,15H,2-3,8-10,12H2,1H3,(H,20,21)/t15-/m0/s1. The second-order valence-electron chi connectivity index (χ2n) is 6.39. The summed E-state index contributed by atoms with van der Waals surface area (Å²) in [5.74, 6) is 0.330. The number of halogens is 1. The zero-order valence-corrected chi connectivity index (χ0v) is 13.4. The Balaban J connectivity index is 1.58. The monoisotopic (exact) mass is 315 g/mol. The first-order valence-corrected chi connectivity index (χ1v) is 8.13. The van der Waals surface area contributed by atoms with E-state index in [4.69, 9.17) is 0 Å². The number of nitrogens with zero attached hydrogens (tertiary/aromatic N) is 2. The van der Waals surface area contributed by atoms with Crippen LogP contribution in [0.25, 0.3) is 0 Å². The van der Waals surface area contributed by atoms with Crippen molar-refractivity contribution in [3.63, 3.8) is 0 Å². The molecule has 1 atom stereocenters. The summed E-state index contributed by atoms with van der Waals surface area (Å²) in [7, 11) is 0. The largest absolute Gasteiger partial charge is 0.342 e. The molecule has 1 saturated heterocycles. The van der Waals surface area contributed by atoms with Crippen molar-refractivity contribution in [1.29, 1.82) is 0 Å². The van der Waals surface area contributed by atoms with E-state index < -0.39 is 0 Å². The minimum Gasteiger partial charge on any atom is -0.342 e. The molecule has 1 amide bonds. The van der Waals surface area contributed by atoms with Gasteiger partial charge in [0.2, 0.25) is 5.91 Å². The molecule has 1 fully saturated rings. The zero-order chi connectivity index (χ0) is 16.2. The highest BCUT2D eigenvalue weighted by atomic mass is 19.1. The van der Waals surface area contributed by atoms with Crippen molar-refractivity contribution >= 4 is 5.91 Å². The number of benzene rings is 1. The summed E-state index contributed by atoms with van der Waals surface area (Å²) in [4.78, 5) is 14.4. The number of carbonyl (C=O) groups excluding carboxylic acids is 1. The molecule has 1 aromatic heterocycles. The molecule has 122 valence electrons. The molecule has 23 heavy (non-hydrogen) atoms. The van der Waals surface area contributed by atoms with Gasteiger partial charge in [0.25, 0.3) is 0 Å². The van der Waals surface area contributed by atoms with Crippen molar-refractivity contribution in [2.45, 2.75) is 32.6 Å². The highest BCUT2D eigenvalue weighted by Gasteiger charge is 2.24. The van der Waals surface area contributed by atoms with E-state index in [-0.39, 0.29) is 11.7 Å². The Kier molecular flexibility index (Phi) is 4.74. The third kappa shape index (κ3) is 3.97. The summed E-state index contributed by atoms with van der Waals surface area (Å²) in [6.07, 6.45) is 5.30. The minimum atomic E-state index is -0.269. The maximum Gasteiger partial charge on any atom is 0.226 e. The number of aromatic amines is 1. The molecule has 3 rings (SSSR count). The molecule has 0 spiro atoms.